The van der Waals surface area contributed by atoms with Crippen LogP contribution in [0.25, 0.3) is 11.0 Å². The van der Waals surface area contributed by atoms with Gasteiger partial charge in [0, 0.05) is 33.0 Å². The number of hydrogen-bond donors (Lipinski definition) is 1. The van der Waals surface area contributed by atoms with Gasteiger partial charge in [-0.15, -0.1) is 0 Å². The SMILES string of the molecule is COCCOCc1ccc(CC2CCN(C(=O)CCc3nc4ccccc4[nH]3)CC2)cc1. The molecule has 0 atom stereocenters. The Balaban J connectivity index is 1.18. The van der Waals surface area contributed by atoms with Crippen LogP contribution in [0.1, 0.15) is 36.2 Å². The number of aryl methyl sites for hydroxylation is 1. The second-order valence-corrected chi connectivity index (χ2v) is 8.59. The van der Waals surface area contributed by atoms with Gasteiger partial charge in [-0.05, 0) is 48.4 Å². The molecule has 32 heavy (non-hydrogen) atoms. The summed E-state index contributed by atoms with van der Waals surface area (Å²) in [6, 6.07) is 16.7. The standard InChI is InChI=1S/C26H33N3O3/c1-31-16-17-32-19-22-8-6-20(7-9-22)18-21-12-14-29(15-13-21)26(30)11-10-25-27-23-4-2-3-5-24(23)28-25/h2-9,21H,10-19H2,1H3,(H,27,28). The number of carbonyl (C=O) groups excluding carboxylic acids is 1. The lowest BCUT2D eigenvalue weighted by molar-refractivity contribution is -0.132. The lowest BCUT2D eigenvalue weighted by Gasteiger charge is -2.32. The van der Waals surface area contributed by atoms with Crippen LogP contribution in [0.2, 0.25) is 0 Å². The van der Waals surface area contributed by atoms with Crippen LogP contribution in [0.5, 0.6) is 0 Å². The van der Waals surface area contributed by atoms with Crippen molar-refractivity contribution >= 4 is 16.9 Å². The number of likely N-dealkylation sites (tertiary alicyclic amines) is 1. The highest BCUT2D eigenvalue weighted by Crippen LogP contribution is 2.23. The van der Waals surface area contributed by atoms with Crippen molar-refractivity contribution in [2.24, 2.45) is 5.92 Å². The predicted molar refractivity (Wildman–Crippen MR) is 125 cm³/mol. The van der Waals surface area contributed by atoms with E-state index >= 15 is 0 Å². The number of H-pyrrole nitrogens is 1. The first-order valence-electron chi connectivity index (χ1n) is 11.6. The molecule has 1 aromatic heterocycles. The fourth-order valence-electron chi connectivity index (χ4n) is 4.33. The molecule has 0 bridgehead atoms. The number of imidazole rings is 1. The third-order valence-electron chi connectivity index (χ3n) is 6.23. The zero-order valence-corrected chi connectivity index (χ0v) is 18.9. The maximum atomic E-state index is 12.7. The normalized spacial score (nSPS) is 14.8. The average molecular weight is 436 g/mol. The van der Waals surface area contributed by atoms with Gasteiger partial charge >= 0.3 is 0 Å². The molecular formula is C26H33N3O3. The first-order valence-corrected chi connectivity index (χ1v) is 11.6. The predicted octanol–water partition coefficient (Wildman–Crippen LogP) is 4.14. The molecule has 170 valence electrons. The third-order valence-corrected chi connectivity index (χ3v) is 6.23. The van der Waals surface area contributed by atoms with E-state index in [-0.39, 0.29) is 5.91 Å². The smallest absolute Gasteiger partial charge is 0.223 e. The molecule has 2 heterocycles. The summed E-state index contributed by atoms with van der Waals surface area (Å²) in [6.07, 6.45) is 4.38. The Kier molecular flexibility index (Phi) is 7.91. The summed E-state index contributed by atoms with van der Waals surface area (Å²) in [4.78, 5) is 22.6. The number of amides is 1. The van der Waals surface area contributed by atoms with E-state index in [1.807, 2.05) is 29.2 Å². The van der Waals surface area contributed by atoms with Crippen LogP contribution in [0.3, 0.4) is 0 Å². The first kappa shape index (κ1) is 22.5. The molecule has 1 N–H and O–H groups in total. The minimum Gasteiger partial charge on any atom is -0.382 e. The van der Waals surface area contributed by atoms with Crippen molar-refractivity contribution in [1.29, 1.82) is 0 Å². The topological polar surface area (TPSA) is 67.5 Å². The zero-order chi connectivity index (χ0) is 22.2. The molecule has 3 aromatic rings. The minimum atomic E-state index is 0.238. The number of methoxy groups -OCH3 is 1. The molecule has 6 heteroatoms. The number of benzene rings is 2. The van der Waals surface area contributed by atoms with Gasteiger partial charge in [0.15, 0.2) is 0 Å². The molecule has 1 fully saturated rings. The summed E-state index contributed by atoms with van der Waals surface area (Å²) >= 11 is 0. The Bertz CT molecular complexity index is 958. The van der Waals surface area contributed by atoms with Gasteiger partial charge in [-0.1, -0.05) is 36.4 Å². The molecule has 2 aromatic carbocycles. The van der Waals surface area contributed by atoms with E-state index in [2.05, 4.69) is 34.2 Å². The second-order valence-electron chi connectivity index (χ2n) is 8.59. The summed E-state index contributed by atoms with van der Waals surface area (Å²) < 4.78 is 10.6. The maximum absolute atomic E-state index is 12.7. The van der Waals surface area contributed by atoms with Crippen LogP contribution in [-0.4, -0.2) is 54.2 Å². The monoisotopic (exact) mass is 435 g/mol. The number of carbonyl (C=O) groups is 1. The van der Waals surface area contributed by atoms with Gasteiger partial charge in [0.1, 0.15) is 5.82 Å². The highest BCUT2D eigenvalue weighted by atomic mass is 16.5. The second kappa shape index (κ2) is 11.2. The van der Waals surface area contributed by atoms with Crippen molar-refractivity contribution in [3.05, 3.63) is 65.5 Å². The van der Waals surface area contributed by atoms with Gasteiger partial charge in [0.05, 0.1) is 30.9 Å². The van der Waals surface area contributed by atoms with Crippen LogP contribution in [0, 0.1) is 5.92 Å². The number of rotatable bonds is 10. The quantitative estimate of drug-likeness (QED) is 0.486. The summed E-state index contributed by atoms with van der Waals surface area (Å²) in [7, 11) is 1.68. The molecule has 0 saturated carbocycles. The molecule has 6 nitrogen and oxygen atoms in total. The highest BCUT2D eigenvalue weighted by Gasteiger charge is 2.23. The minimum absolute atomic E-state index is 0.238. The summed E-state index contributed by atoms with van der Waals surface area (Å²) in [5.74, 6) is 1.77. The van der Waals surface area contributed by atoms with E-state index < -0.39 is 0 Å². The molecule has 0 spiro atoms. The molecule has 0 unspecified atom stereocenters. The Morgan fingerprint density at radius 3 is 2.56 bits per heavy atom. The van der Waals surface area contributed by atoms with Crippen molar-refractivity contribution in [3.63, 3.8) is 0 Å². The Hall–Kier alpha value is -2.70. The average Bonchev–Trinajstić information content (AvgIpc) is 3.25. The number of piperidine rings is 1. The van der Waals surface area contributed by atoms with E-state index in [4.69, 9.17) is 9.47 Å². The van der Waals surface area contributed by atoms with Crippen LogP contribution < -0.4 is 0 Å². The number of nitrogens with zero attached hydrogens (tertiary/aromatic N) is 2. The number of aromatic amines is 1. The largest absolute Gasteiger partial charge is 0.382 e. The number of para-hydroxylation sites is 2. The summed E-state index contributed by atoms with van der Waals surface area (Å²) in [5, 5.41) is 0. The lowest BCUT2D eigenvalue weighted by Crippen LogP contribution is -2.39. The Morgan fingerprint density at radius 1 is 1.06 bits per heavy atom. The molecule has 4 rings (SSSR count). The molecule has 1 saturated heterocycles. The van der Waals surface area contributed by atoms with Gasteiger partial charge in [-0.3, -0.25) is 4.79 Å². The molecule has 0 aliphatic carbocycles. The van der Waals surface area contributed by atoms with Gasteiger partial charge in [-0.25, -0.2) is 4.98 Å². The molecular weight excluding hydrogens is 402 g/mol. The lowest BCUT2D eigenvalue weighted by atomic mass is 9.90. The number of nitrogens with one attached hydrogen (secondary N) is 1. The van der Waals surface area contributed by atoms with Crippen molar-refractivity contribution in [2.45, 2.75) is 38.7 Å². The van der Waals surface area contributed by atoms with Crippen LogP contribution in [0.15, 0.2) is 48.5 Å². The van der Waals surface area contributed by atoms with Crippen molar-refractivity contribution < 1.29 is 14.3 Å². The Morgan fingerprint density at radius 2 is 1.81 bits per heavy atom. The molecule has 1 amide bonds. The van der Waals surface area contributed by atoms with Crippen molar-refractivity contribution in [1.82, 2.24) is 14.9 Å². The van der Waals surface area contributed by atoms with E-state index in [9.17, 15) is 4.79 Å². The summed E-state index contributed by atoms with van der Waals surface area (Å²) in [5.41, 5.74) is 4.54. The number of hydrogen-bond acceptors (Lipinski definition) is 4. The van der Waals surface area contributed by atoms with Crippen LogP contribution >= 0.6 is 0 Å². The van der Waals surface area contributed by atoms with Crippen LogP contribution in [-0.2, 0) is 33.7 Å². The zero-order valence-electron chi connectivity index (χ0n) is 18.9. The van der Waals surface area contributed by atoms with E-state index in [0.29, 0.717) is 38.6 Å². The fourth-order valence-corrected chi connectivity index (χ4v) is 4.33. The number of aromatic nitrogens is 2. The van der Waals surface area contributed by atoms with E-state index in [1.54, 1.807) is 7.11 Å². The van der Waals surface area contributed by atoms with Crippen molar-refractivity contribution in [2.75, 3.05) is 33.4 Å². The molecule has 1 aliphatic rings. The molecule has 0 radical (unpaired) electrons. The summed E-state index contributed by atoms with van der Waals surface area (Å²) in [6.45, 7) is 3.58. The number of ether oxygens (including phenoxy) is 2. The third kappa shape index (κ3) is 6.17. The maximum Gasteiger partial charge on any atom is 0.223 e. The van der Waals surface area contributed by atoms with E-state index in [0.717, 1.165) is 49.2 Å². The van der Waals surface area contributed by atoms with Gasteiger partial charge in [-0.2, -0.15) is 0 Å². The first-order chi connectivity index (χ1) is 15.7. The van der Waals surface area contributed by atoms with Crippen LogP contribution in [0.4, 0.5) is 0 Å². The van der Waals surface area contributed by atoms with Gasteiger partial charge in [0.2, 0.25) is 5.91 Å². The highest BCUT2D eigenvalue weighted by molar-refractivity contribution is 5.77. The Labute approximate surface area is 189 Å². The number of fused-ring (bicyclic) bond motifs is 1. The molecule has 1 aliphatic heterocycles. The van der Waals surface area contributed by atoms with Gasteiger partial charge in [0.25, 0.3) is 0 Å². The van der Waals surface area contributed by atoms with Gasteiger partial charge < -0.3 is 19.4 Å². The van der Waals surface area contributed by atoms with Crippen molar-refractivity contribution in [3.8, 4) is 0 Å². The fraction of sp³-hybridized carbons (Fsp3) is 0.462. The van der Waals surface area contributed by atoms with E-state index in [1.165, 1.54) is 11.1 Å².